The summed E-state index contributed by atoms with van der Waals surface area (Å²) in [5.74, 6) is 0.150. The highest BCUT2D eigenvalue weighted by molar-refractivity contribution is 7.19. The van der Waals surface area contributed by atoms with Gasteiger partial charge in [-0.15, -0.1) is 11.3 Å². The van der Waals surface area contributed by atoms with E-state index in [0.717, 1.165) is 20.7 Å². The maximum Gasteiger partial charge on any atom is 0.274 e. The molecule has 0 unspecified atom stereocenters. The summed E-state index contributed by atoms with van der Waals surface area (Å²) in [4.78, 5) is 28.8. The fourth-order valence-electron chi connectivity index (χ4n) is 3.22. The van der Waals surface area contributed by atoms with E-state index in [4.69, 9.17) is 0 Å². The number of pyridine rings is 1. The lowest BCUT2D eigenvalue weighted by Gasteiger charge is -2.17. The minimum Gasteiger partial charge on any atom is -0.348 e. The number of anilines is 1. The second kappa shape index (κ2) is 7.19. The van der Waals surface area contributed by atoms with Gasteiger partial charge in [0.1, 0.15) is 6.17 Å². The van der Waals surface area contributed by atoms with Crippen LogP contribution in [0.2, 0.25) is 0 Å². The topological polar surface area (TPSA) is 71.0 Å². The summed E-state index contributed by atoms with van der Waals surface area (Å²) in [6.07, 6.45) is 2.92. The van der Waals surface area contributed by atoms with E-state index >= 15 is 0 Å². The number of halogens is 1. The van der Waals surface area contributed by atoms with E-state index in [-0.39, 0.29) is 18.5 Å². The van der Waals surface area contributed by atoms with E-state index in [1.54, 1.807) is 12.4 Å². The summed E-state index contributed by atoms with van der Waals surface area (Å²) in [5.41, 5.74) is 2.07. The summed E-state index contributed by atoms with van der Waals surface area (Å²) in [5, 5.41) is 3.25. The third-order valence-corrected chi connectivity index (χ3v) is 5.69. The van der Waals surface area contributed by atoms with Crippen LogP contribution in [-0.4, -0.2) is 45.0 Å². The number of alkyl halides is 1. The minimum absolute atomic E-state index is 0.0687. The van der Waals surface area contributed by atoms with Crippen LogP contribution in [0.15, 0.2) is 30.6 Å². The number of likely N-dealkylation sites (tertiary alicyclic amines) is 1. The number of carbonyl (C=O) groups is 1. The Kier molecular flexibility index (Phi) is 4.73. The molecule has 1 aliphatic heterocycles. The number of fused-ring (bicyclic) bond motifs is 1. The molecule has 140 valence electrons. The molecule has 1 N–H and O–H groups in total. The Morgan fingerprint density at radius 2 is 2.30 bits per heavy atom. The third kappa shape index (κ3) is 3.62. The van der Waals surface area contributed by atoms with Gasteiger partial charge in [-0.2, -0.15) is 0 Å². The molecule has 2 atom stereocenters. The monoisotopic (exact) mass is 385 g/mol. The van der Waals surface area contributed by atoms with Crippen LogP contribution in [0.5, 0.6) is 0 Å². The summed E-state index contributed by atoms with van der Waals surface area (Å²) in [7, 11) is 0. The maximum atomic E-state index is 13.6. The molecule has 0 aromatic carbocycles. The molecule has 1 aliphatic rings. The van der Waals surface area contributed by atoms with Crippen LogP contribution in [0, 0.1) is 6.92 Å². The van der Waals surface area contributed by atoms with Crippen molar-refractivity contribution in [3.05, 3.63) is 46.7 Å². The van der Waals surface area contributed by atoms with Crippen molar-refractivity contribution < 1.29 is 9.18 Å². The van der Waals surface area contributed by atoms with Gasteiger partial charge in [0.15, 0.2) is 5.69 Å². The van der Waals surface area contributed by atoms with Crippen molar-refractivity contribution in [2.75, 3.05) is 18.4 Å². The summed E-state index contributed by atoms with van der Waals surface area (Å²) in [6, 6.07) is 5.71. The molecule has 0 radical (unpaired) electrons. The van der Waals surface area contributed by atoms with Gasteiger partial charge in [-0.25, -0.2) is 14.4 Å². The lowest BCUT2D eigenvalue weighted by Crippen LogP contribution is -2.30. The van der Waals surface area contributed by atoms with Crippen molar-refractivity contribution in [2.24, 2.45) is 0 Å². The molecule has 1 saturated heterocycles. The zero-order valence-electron chi connectivity index (χ0n) is 15.1. The van der Waals surface area contributed by atoms with Crippen molar-refractivity contribution in [3.8, 4) is 0 Å². The molecular formula is C19H20FN5OS. The van der Waals surface area contributed by atoms with E-state index in [0.29, 0.717) is 24.6 Å². The zero-order chi connectivity index (χ0) is 19.0. The van der Waals surface area contributed by atoms with Crippen molar-refractivity contribution in [1.29, 1.82) is 0 Å². The summed E-state index contributed by atoms with van der Waals surface area (Å²) >= 11 is 1.49. The first-order valence-corrected chi connectivity index (χ1v) is 9.71. The van der Waals surface area contributed by atoms with E-state index in [2.05, 4.69) is 20.3 Å². The number of carbonyl (C=O) groups excluding carboxylic acids is 1. The van der Waals surface area contributed by atoms with Gasteiger partial charge in [-0.05, 0) is 38.0 Å². The highest BCUT2D eigenvalue weighted by Gasteiger charge is 2.29. The predicted molar refractivity (Wildman–Crippen MR) is 104 cm³/mol. The molecule has 0 bridgehead atoms. The lowest BCUT2D eigenvalue weighted by molar-refractivity contribution is 0.0779. The van der Waals surface area contributed by atoms with Gasteiger partial charge < -0.3 is 10.2 Å². The molecule has 8 heteroatoms. The molecule has 3 aromatic heterocycles. The average molecular weight is 385 g/mol. The molecule has 4 heterocycles. The van der Waals surface area contributed by atoms with Gasteiger partial charge in [0.2, 0.25) is 5.95 Å². The van der Waals surface area contributed by atoms with Crippen LogP contribution in [-0.2, 0) is 0 Å². The number of rotatable bonds is 4. The van der Waals surface area contributed by atoms with Crippen LogP contribution in [0.4, 0.5) is 10.3 Å². The Labute approximate surface area is 160 Å². The zero-order valence-corrected chi connectivity index (χ0v) is 16.0. The van der Waals surface area contributed by atoms with Gasteiger partial charge in [-0.1, -0.05) is 6.07 Å². The van der Waals surface area contributed by atoms with E-state index in [1.807, 2.05) is 32.0 Å². The highest BCUT2D eigenvalue weighted by Crippen LogP contribution is 2.30. The molecule has 1 amide bonds. The van der Waals surface area contributed by atoms with Crippen LogP contribution in [0.3, 0.4) is 0 Å². The van der Waals surface area contributed by atoms with Crippen molar-refractivity contribution in [2.45, 2.75) is 32.5 Å². The largest absolute Gasteiger partial charge is 0.348 e. The Bertz CT molecular complexity index is 977. The lowest BCUT2D eigenvalue weighted by atomic mass is 10.1. The number of amides is 1. The van der Waals surface area contributed by atoms with Gasteiger partial charge in [-0.3, -0.25) is 9.78 Å². The first kappa shape index (κ1) is 17.8. The average Bonchev–Trinajstić information content (AvgIpc) is 3.26. The van der Waals surface area contributed by atoms with Gasteiger partial charge in [0.05, 0.1) is 22.8 Å². The second-order valence-corrected chi connectivity index (χ2v) is 8.01. The Hall–Kier alpha value is -2.61. The third-order valence-electron chi connectivity index (χ3n) is 4.65. The Morgan fingerprint density at radius 1 is 1.44 bits per heavy atom. The van der Waals surface area contributed by atoms with Crippen molar-refractivity contribution >= 4 is 33.4 Å². The van der Waals surface area contributed by atoms with Crippen LogP contribution in [0.25, 0.3) is 10.2 Å². The Balaban J connectivity index is 1.69. The first-order valence-electron chi connectivity index (χ1n) is 8.89. The standard InChI is InChI=1S/C19H20FN5OS/c1-11-8-15-17(27-11)16(18(26)25-7-5-14(20)10-25)24-19(23-15)22-12(2)13-4-3-6-21-9-13/h3-4,6,8-9,12,14H,5,7,10H2,1-2H3,(H,22,23,24)/t12-,14-/m0/s1. The number of nitrogens with one attached hydrogen (secondary N) is 1. The SMILES string of the molecule is Cc1cc2nc(N[C@@H](C)c3cccnc3)nc(C(=O)N3CC[C@H](F)C3)c2s1. The van der Waals surface area contributed by atoms with Crippen molar-refractivity contribution in [1.82, 2.24) is 19.9 Å². The molecule has 0 aliphatic carbocycles. The molecule has 4 rings (SSSR count). The summed E-state index contributed by atoms with van der Waals surface area (Å²) < 4.78 is 14.3. The van der Waals surface area contributed by atoms with Gasteiger partial charge >= 0.3 is 0 Å². The minimum atomic E-state index is -0.959. The maximum absolute atomic E-state index is 13.6. The molecular weight excluding hydrogens is 365 g/mol. The number of thiophene rings is 1. The molecule has 1 fully saturated rings. The Morgan fingerprint density at radius 3 is 3.00 bits per heavy atom. The second-order valence-electron chi connectivity index (χ2n) is 6.76. The number of aryl methyl sites for hydroxylation is 1. The summed E-state index contributed by atoms with van der Waals surface area (Å²) in [6.45, 7) is 4.51. The smallest absolute Gasteiger partial charge is 0.274 e. The van der Waals surface area contributed by atoms with Gasteiger partial charge in [0.25, 0.3) is 5.91 Å². The fraction of sp³-hybridized carbons (Fsp3) is 0.368. The van der Waals surface area contributed by atoms with Gasteiger partial charge in [0, 0.05) is 23.8 Å². The predicted octanol–water partition coefficient (Wildman–Crippen LogP) is 3.75. The number of aromatic nitrogens is 3. The fourth-order valence-corrected chi connectivity index (χ4v) is 4.15. The van der Waals surface area contributed by atoms with E-state index in [9.17, 15) is 9.18 Å². The molecule has 0 spiro atoms. The number of hydrogen-bond acceptors (Lipinski definition) is 6. The van der Waals surface area contributed by atoms with Crippen LogP contribution in [0.1, 0.15) is 40.3 Å². The quantitative estimate of drug-likeness (QED) is 0.741. The number of hydrogen-bond donors (Lipinski definition) is 1. The molecule has 6 nitrogen and oxygen atoms in total. The van der Waals surface area contributed by atoms with Crippen molar-refractivity contribution in [3.63, 3.8) is 0 Å². The first-order chi connectivity index (χ1) is 13.0. The molecule has 0 saturated carbocycles. The highest BCUT2D eigenvalue weighted by atomic mass is 32.1. The molecule has 27 heavy (non-hydrogen) atoms. The van der Waals surface area contributed by atoms with E-state index in [1.165, 1.54) is 16.2 Å². The van der Waals surface area contributed by atoms with Crippen LogP contribution >= 0.6 is 11.3 Å². The van der Waals surface area contributed by atoms with E-state index < -0.39 is 6.17 Å². The van der Waals surface area contributed by atoms with Crippen LogP contribution < -0.4 is 5.32 Å². The number of nitrogens with zero attached hydrogens (tertiary/aromatic N) is 4. The molecule has 3 aromatic rings. The normalized spacial score (nSPS) is 18.0.